The van der Waals surface area contributed by atoms with Gasteiger partial charge < -0.3 is 5.11 Å². The fraction of sp³-hybridized carbons (Fsp3) is 0.200. The minimum absolute atomic E-state index is 0.297. The van der Waals surface area contributed by atoms with Crippen molar-refractivity contribution in [2.24, 2.45) is 0 Å². The van der Waals surface area contributed by atoms with Gasteiger partial charge in [0.2, 0.25) is 0 Å². The zero-order chi connectivity index (χ0) is 14.0. The molecule has 19 heavy (non-hydrogen) atoms. The number of aliphatic hydroxyl groups is 1. The molecule has 1 unspecified atom stereocenters. The van der Waals surface area contributed by atoms with Gasteiger partial charge in [0.15, 0.2) is 0 Å². The number of hydrogen-bond donors (Lipinski definition) is 1. The Kier molecular flexibility index (Phi) is 4.61. The SMILES string of the molecule is Cc1ccc(CC(O)c2cccc(F)c2Br)c(Cl)c1. The summed E-state index contributed by atoms with van der Waals surface area (Å²) in [6.07, 6.45) is -0.452. The maximum Gasteiger partial charge on any atom is 0.137 e. The second-order valence-corrected chi connectivity index (χ2v) is 5.66. The molecule has 0 aliphatic rings. The van der Waals surface area contributed by atoms with Crippen LogP contribution in [0.15, 0.2) is 40.9 Å². The lowest BCUT2D eigenvalue weighted by Gasteiger charge is -2.14. The first-order chi connectivity index (χ1) is 8.99. The van der Waals surface area contributed by atoms with Crippen LogP contribution in [0.2, 0.25) is 5.02 Å². The standard InChI is InChI=1S/C15H13BrClFO/c1-9-5-6-10(12(17)7-9)8-14(19)11-3-2-4-13(18)15(11)16/h2-7,14,19H,8H2,1H3. The first-order valence-electron chi connectivity index (χ1n) is 5.86. The first kappa shape index (κ1) is 14.5. The van der Waals surface area contributed by atoms with E-state index in [-0.39, 0.29) is 5.82 Å². The van der Waals surface area contributed by atoms with Crippen LogP contribution in [0, 0.1) is 12.7 Å². The molecule has 0 aliphatic heterocycles. The van der Waals surface area contributed by atoms with Crippen LogP contribution in [-0.2, 0) is 6.42 Å². The van der Waals surface area contributed by atoms with E-state index >= 15 is 0 Å². The Labute approximate surface area is 125 Å². The van der Waals surface area contributed by atoms with Gasteiger partial charge in [-0.1, -0.05) is 35.9 Å². The second-order valence-electron chi connectivity index (χ2n) is 4.46. The molecule has 0 saturated heterocycles. The van der Waals surface area contributed by atoms with Crippen LogP contribution in [0.3, 0.4) is 0 Å². The maximum absolute atomic E-state index is 13.4. The van der Waals surface area contributed by atoms with Crippen LogP contribution in [0.4, 0.5) is 4.39 Å². The summed E-state index contributed by atoms with van der Waals surface area (Å²) in [6.45, 7) is 1.95. The van der Waals surface area contributed by atoms with Crippen LogP contribution in [-0.4, -0.2) is 5.11 Å². The van der Waals surface area contributed by atoms with Gasteiger partial charge in [0.1, 0.15) is 5.82 Å². The van der Waals surface area contributed by atoms with Crippen molar-refractivity contribution in [1.82, 2.24) is 0 Å². The summed E-state index contributed by atoms with van der Waals surface area (Å²) in [4.78, 5) is 0. The topological polar surface area (TPSA) is 20.2 Å². The van der Waals surface area contributed by atoms with Crippen molar-refractivity contribution in [2.75, 3.05) is 0 Å². The van der Waals surface area contributed by atoms with Gasteiger partial charge in [-0.25, -0.2) is 4.39 Å². The van der Waals surface area contributed by atoms with Gasteiger partial charge in [0.25, 0.3) is 0 Å². The Morgan fingerprint density at radius 3 is 2.74 bits per heavy atom. The molecule has 0 heterocycles. The van der Waals surface area contributed by atoms with Crippen molar-refractivity contribution >= 4 is 27.5 Å². The Balaban J connectivity index is 2.25. The highest BCUT2D eigenvalue weighted by atomic mass is 79.9. The average molecular weight is 344 g/mol. The lowest BCUT2D eigenvalue weighted by molar-refractivity contribution is 0.177. The normalized spacial score (nSPS) is 12.5. The Morgan fingerprint density at radius 1 is 1.32 bits per heavy atom. The van der Waals surface area contributed by atoms with Crippen molar-refractivity contribution in [3.63, 3.8) is 0 Å². The molecule has 2 aromatic carbocycles. The lowest BCUT2D eigenvalue weighted by atomic mass is 10.0. The van der Waals surface area contributed by atoms with Gasteiger partial charge in [-0.05, 0) is 51.7 Å². The third kappa shape index (κ3) is 3.35. The zero-order valence-electron chi connectivity index (χ0n) is 10.3. The van der Waals surface area contributed by atoms with E-state index in [0.717, 1.165) is 11.1 Å². The molecule has 2 rings (SSSR count). The number of rotatable bonds is 3. The van der Waals surface area contributed by atoms with Crippen LogP contribution < -0.4 is 0 Å². The van der Waals surface area contributed by atoms with E-state index in [1.54, 1.807) is 12.1 Å². The minimum Gasteiger partial charge on any atom is -0.388 e. The molecular formula is C15H13BrClFO. The molecule has 100 valence electrons. The second kappa shape index (κ2) is 6.04. The van der Waals surface area contributed by atoms with Crippen molar-refractivity contribution < 1.29 is 9.50 Å². The largest absolute Gasteiger partial charge is 0.388 e. The van der Waals surface area contributed by atoms with E-state index in [0.29, 0.717) is 21.5 Å². The molecule has 0 saturated carbocycles. The molecule has 2 aromatic rings. The monoisotopic (exact) mass is 342 g/mol. The van der Waals surface area contributed by atoms with Crippen molar-refractivity contribution in [3.05, 3.63) is 68.4 Å². The molecule has 1 atom stereocenters. The molecule has 1 nitrogen and oxygen atoms in total. The summed E-state index contributed by atoms with van der Waals surface area (Å²) in [6, 6.07) is 10.3. The summed E-state index contributed by atoms with van der Waals surface area (Å²) in [7, 11) is 0. The third-order valence-electron chi connectivity index (χ3n) is 2.96. The first-order valence-corrected chi connectivity index (χ1v) is 7.03. The quantitative estimate of drug-likeness (QED) is 0.846. The van der Waals surface area contributed by atoms with E-state index in [1.165, 1.54) is 6.07 Å². The molecule has 0 bridgehead atoms. The molecule has 0 radical (unpaired) electrons. The Hall–Kier alpha value is -0.900. The zero-order valence-corrected chi connectivity index (χ0v) is 12.7. The van der Waals surface area contributed by atoms with Crippen molar-refractivity contribution in [1.29, 1.82) is 0 Å². The molecule has 0 aromatic heterocycles. The van der Waals surface area contributed by atoms with E-state index in [9.17, 15) is 9.50 Å². The van der Waals surface area contributed by atoms with Crippen LogP contribution in [0.25, 0.3) is 0 Å². The van der Waals surface area contributed by atoms with E-state index in [4.69, 9.17) is 11.6 Å². The number of aliphatic hydroxyl groups excluding tert-OH is 1. The highest BCUT2D eigenvalue weighted by Gasteiger charge is 2.15. The molecule has 0 spiro atoms. The summed E-state index contributed by atoms with van der Waals surface area (Å²) in [5.41, 5.74) is 2.43. The molecule has 0 amide bonds. The predicted octanol–water partition coefficient (Wildman–Crippen LogP) is 4.83. The fourth-order valence-electron chi connectivity index (χ4n) is 1.91. The highest BCUT2D eigenvalue weighted by molar-refractivity contribution is 9.10. The van der Waals surface area contributed by atoms with Gasteiger partial charge >= 0.3 is 0 Å². The van der Waals surface area contributed by atoms with Gasteiger partial charge in [0.05, 0.1) is 10.6 Å². The minimum atomic E-state index is -0.801. The van der Waals surface area contributed by atoms with Gasteiger partial charge in [-0.2, -0.15) is 0 Å². The molecular weight excluding hydrogens is 331 g/mol. The molecule has 4 heteroatoms. The van der Waals surface area contributed by atoms with Gasteiger partial charge in [0, 0.05) is 11.4 Å². The fourth-order valence-corrected chi connectivity index (χ4v) is 2.75. The molecule has 0 fully saturated rings. The predicted molar refractivity (Wildman–Crippen MR) is 79.0 cm³/mol. The summed E-state index contributed by atoms with van der Waals surface area (Å²) in [5, 5.41) is 10.8. The lowest BCUT2D eigenvalue weighted by Crippen LogP contribution is -2.04. The number of hydrogen-bond acceptors (Lipinski definition) is 1. The highest BCUT2D eigenvalue weighted by Crippen LogP contribution is 2.30. The number of benzene rings is 2. The molecule has 0 aliphatic carbocycles. The third-order valence-corrected chi connectivity index (χ3v) is 4.15. The van der Waals surface area contributed by atoms with E-state index < -0.39 is 6.10 Å². The van der Waals surface area contributed by atoms with Crippen LogP contribution in [0.5, 0.6) is 0 Å². The summed E-state index contributed by atoms with van der Waals surface area (Å²) < 4.78 is 13.7. The van der Waals surface area contributed by atoms with Crippen LogP contribution >= 0.6 is 27.5 Å². The Bertz CT molecular complexity index is 601. The number of halogens is 3. The molecule has 1 N–H and O–H groups in total. The average Bonchev–Trinajstić information content (AvgIpc) is 2.36. The smallest absolute Gasteiger partial charge is 0.137 e. The van der Waals surface area contributed by atoms with Gasteiger partial charge in [-0.3, -0.25) is 0 Å². The van der Waals surface area contributed by atoms with Crippen molar-refractivity contribution in [2.45, 2.75) is 19.4 Å². The summed E-state index contributed by atoms with van der Waals surface area (Å²) >= 11 is 9.29. The summed E-state index contributed by atoms with van der Waals surface area (Å²) in [5.74, 6) is -0.383. The van der Waals surface area contributed by atoms with E-state index in [2.05, 4.69) is 15.9 Å². The number of aryl methyl sites for hydroxylation is 1. The van der Waals surface area contributed by atoms with Crippen molar-refractivity contribution in [3.8, 4) is 0 Å². The van der Waals surface area contributed by atoms with Gasteiger partial charge in [-0.15, -0.1) is 0 Å². The van der Waals surface area contributed by atoms with E-state index in [1.807, 2.05) is 25.1 Å². The maximum atomic E-state index is 13.4. The van der Waals surface area contributed by atoms with Crippen LogP contribution in [0.1, 0.15) is 22.8 Å². The Morgan fingerprint density at radius 2 is 2.05 bits per heavy atom.